The molecule has 4 rings (SSSR count). The Morgan fingerprint density at radius 3 is 2.35 bits per heavy atom. The number of aliphatic imine (C=N–C) groups is 1. The van der Waals surface area contributed by atoms with Crippen LogP contribution in [-0.4, -0.2) is 27.5 Å². The minimum Gasteiger partial charge on any atom is -0.494 e. The Kier molecular flexibility index (Phi) is 6.19. The first-order valence-corrected chi connectivity index (χ1v) is 10.9. The molecule has 1 aromatic heterocycles. The minimum absolute atomic E-state index is 0.0122. The van der Waals surface area contributed by atoms with Crippen LogP contribution in [0.25, 0.3) is 10.9 Å². The highest BCUT2D eigenvalue weighted by atomic mass is 16.3. The van der Waals surface area contributed by atoms with Crippen molar-refractivity contribution in [2.24, 2.45) is 10.9 Å². The summed E-state index contributed by atoms with van der Waals surface area (Å²) < 4.78 is 0. The van der Waals surface area contributed by atoms with E-state index in [4.69, 9.17) is 5.73 Å². The quantitative estimate of drug-likeness (QED) is 0.170. The van der Waals surface area contributed by atoms with Gasteiger partial charge in [0.05, 0.1) is 28.3 Å². The van der Waals surface area contributed by atoms with Crippen LogP contribution in [0, 0.1) is 5.92 Å². The Labute approximate surface area is 197 Å². The first kappa shape index (κ1) is 22.8. The second-order valence-corrected chi connectivity index (χ2v) is 8.41. The van der Waals surface area contributed by atoms with E-state index in [1.54, 1.807) is 73.7 Å². The number of benzene rings is 3. The fourth-order valence-corrected chi connectivity index (χ4v) is 3.77. The number of rotatable bonds is 6. The summed E-state index contributed by atoms with van der Waals surface area (Å²) in [4.78, 5) is 32.6. The smallest absolute Gasteiger partial charge is 0.255 e. The fraction of sp³-hybridized carbons (Fsp3) is 0.148. The van der Waals surface area contributed by atoms with Gasteiger partial charge in [-0.3, -0.25) is 14.6 Å². The third kappa shape index (κ3) is 4.54. The summed E-state index contributed by atoms with van der Waals surface area (Å²) in [5.41, 5.74) is 10.4. The molecule has 1 heterocycles. The number of Topliss-reactive ketones (excluding diaryl/α,β-unsaturated/α-hetero) is 1. The molecule has 0 atom stereocenters. The van der Waals surface area contributed by atoms with E-state index in [0.717, 1.165) is 10.9 Å². The maximum atomic E-state index is 12.5. The standard InChI is InChI=1S/C27H26N4O3/c1-15(2)25(32)18-10-13-22-20(14-18)24(27(34)30-22)16(3)29-19-11-8-17(9-12-19)26(33)31-23-7-5-4-6-21(23)28/h4-15,30,34H,28H2,1-3H3,(H,31,33). The lowest BCUT2D eigenvalue weighted by molar-refractivity contribution is 0.0939. The van der Waals surface area contributed by atoms with Crippen molar-refractivity contribution in [1.82, 2.24) is 4.98 Å². The second kappa shape index (κ2) is 9.23. The summed E-state index contributed by atoms with van der Waals surface area (Å²) >= 11 is 0. The van der Waals surface area contributed by atoms with Gasteiger partial charge in [-0.25, -0.2) is 0 Å². The van der Waals surface area contributed by atoms with Gasteiger partial charge in [0.15, 0.2) is 11.7 Å². The van der Waals surface area contributed by atoms with E-state index in [-0.39, 0.29) is 23.5 Å². The third-order valence-corrected chi connectivity index (χ3v) is 5.58. The summed E-state index contributed by atoms with van der Waals surface area (Å²) in [5.74, 6) is -0.380. The van der Waals surface area contributed by atoms with Gasteiger partial charge in [-0.05, 0) is 61.5 Å². The van der Waals surface area contributed by atoms with Crippen molar-refractivity contribution in [1.29, 1.82) is 0 Å². The van der Waals surface area contributed by atoms with Gasteiger partial charge in [0.1, 0.15) is 0 Å². The molecule has 0 saturated heterocycles. The van der Waals surface area contributed by atoms with Gasteiger partial charge in [-0.1, -0.05) is 26.0 Å². The number of aromatic amines is 1. The highest BCUT2D eigenvalue weighted by Crippen LogP contribution is 2.30. The van der Waals surface area contributed by atoms with Crippen molar-refractivity contribution in [3.05, 3.63) is 83.4 Å². The number of aromatic hydroxyl groups is 1. The highest BCUT2D eigenvalue weighted by Gasteiger charge is 2.17. The lowest BCUT2D eigenvalue weighted by Crippen LogP contribution is -2.12. The molecule has 0 bridgehead atoms. The Morgan fingerprint density at radius 1 is 1.00 bits per heavy atom. The average Bonchev–Trinajstić information content (AvgIpc) is 3.15. The molecule has 0 aliphatic carbocycles. The summed E-state index contributed by atoms with van der Waals surface area (Å²) in [6.07, 6.45) is 0. The lowest BCUT2D eigenvalue weighted by atomic mass is 9.98. The van der Waals surface area contributed by atoms with Crippen molar-refractivity contribution in [3.63, 3.8) is 0 Å². The molecule has 0 saturated carbocycles. The first-order valence-electron chi connectivity index (χ1n) is 10.9. The molecule has 1 amide bonds. The van der Waals surface area contributed by atoms with E-state index in [9.17, 15) is 14.7 Å². The average molecular weight is 455 g/mol. The third-order valence-electron chi connectivity index (χ3n) is 5.58. The van der Waals surface area contributed by atoms with E-state index in [1.807, 2.05) is 13.8 Å². The number of amides is 1. The van der Waals surface area contributed by atoms with Crippen molar-refractivity contribution in [3.8, 4) is 5.88 Å². The Hall–Kier alpha value is -4.39. The van der Waals surface area contributed by atoms with Crippen LogP contribution >= 0.6 is 0 Å². The first-order chi connectivity index (χ1) is 16.2. The zero-order valence-electron chi connectivity index (χ0n) is 19.2. The van der Waals surface area contributed by atoms with Crippen molar-refractivity contribution >= 4 is 45.4 Å². The van der Waals surface area contributed by atoms with E-state index < -0.39 is 0 Å². The van der Waals surface area contributed by atoms with E-state index >= 15 is 0 Å². The van der Waals surface area contributed by atoms with E-state index in [2.05, 4.69) is 15.3 Å². The number of aromatic nitrogens is 1. The van der Waals surface area contributed by atoms with Crippen molar-refractivity contribution < 1.29 is 14.7 Å². The molecular weight excluding hydrogens is 428 g/mol. The number of fused-ring (bicyclic) bond motifs is 1. The fourth-order valence-electron chi connectivity index (χ4n) is 3.77. The summed E-state index contributed by atoms with van der Waals surface area (Å²) in [5, 5.41) is 14.0. The Bertz CT molecular complexity index is 1420. The number of hydrogen-bond donors (Lipinski definition) is 4. The van der Waals surface area contributed by atoms with Crippen LogP contribution in [0.4, 0.5) is 17.1 Å². The molecule has 172 valence electrons. The molecular formula is C27H26N4O3. The largest absolute Gasteiger partial charge is 0.494 e. The summed E-state index contributed by atoms with van der Waals surface area (Å²) in [6, 6.07) is 19.2. The number of ketones is 1. The molecule has 0 fully saturated rings. The molecule has 34 heavy (non-hydrogen) atoms. The molecule has 0 unspecified atom stereocenters. The number of hydrogen-bond acceptors (Lipinski definition) is 5. The van der Waals surface area contributed by atoms with Crippen LogP contribution in [-0.2, 0) is 0 Å². The Morgan fingerprint density at radius 2 is 1.68 bits per heavy atom. The number of H-pyrrole nitrogens is 1. The van der Waals surface area contributed by atoms with Gasteiger partial charge in [-0.2, -0.15) is 0 Å². The molecule has 5 N–H and O–H groups in total. The number of anilines is 2. The van der Waals surface area contributed by atoms with Gasteiger partial charge in [0.2, 0.25) is 0 Å². The zero-order chi connectivity index (χ0) is 24.4. The summed E-state index contributed by atoms with van der Waals surface area (Å²) in [7, 11) is 0. The predicted molar refractivity (Wildman–Crippen MR) is 136 cm³/mol. The molecule has 0 aliphatic heterocycles. The predicted octanol–water partition coefficient (Wildman–Crippen LogP) is 5.69. The SMILES string of the molecule is CC(=Nc1ccc(C(=O)Nc2ccccc2N)cc1)c1c(O)[nH]c2ccc(C(=O)C(C)C)cc12. The molecule has 0 radical (unpaired) electrons. The molecule has 0 aliphatic rings. The molecule has 3 aromatic carbocycles. The van der Waals surface area contributed by atoms with Gasteiger partial charge in [0, 0.05) is 27.9 Å². The van der Waals surface area contributed by atoms with Crippen LogP contribution < -0.4 is 11.1 Å². The van der Waals surface area contributed by atoms with Crippen LogP contribution in [0.5, 0.6) is 5.88 Å². The van der Waals surface area contributed by atoms with E-state index in [0.29, 0.717) is 39.5 Å². The van der Waals surface area contributed by atoms with Gasteiger partial charge < -0.3 is 21.1 Å². The lowest BCUT2D eigenvalue weighted by Gasteiger charge is -2.08. The molecule has 4 aromatic rings. The van der Waals surface area contributed by atoms with Gasteiger partial charge >= 0.3 is 0 Å². The van der Waals surface area contributed by atoms with Crippen LogP contribution in [0.15, 0.2) is 71.7 Å². The highest BCUT2D eigenvalue weighted by molar-refractivity contribution is 6.14. The Balaban J connectivity index is 1.60. The molecule has 0 spiro atoms. The number of carbonyl (C=O) groups excluding carboxylic acids is 2. The number of nitrogens with zero attached hydrogens (tertiary/aromatic N) is 1. The summed E-state index contributed by atoms with van der Waals surface area (Å²) in [6.45, 7) is 5.50. The molecule has 7 heteroatoms. The second-order valence-electron chi connectivity index (χ2n) is 8.41. The number of carbonyl (C=O) groups is 2. The van der Waals surface area contributed by atoms with E-state index in [1.165, 1.54) is 0 Å². The topological polar surface area (TPSA) is 121 Å². The van der Waals surface area contributed by atoms with Gasteiger partial charge in [0.25, 0.3) is 5.91 Å². The zero-order valence-corrected chi connectivity index (χ0v) is 19.2. The number of nitrogen functional groups attached to an aromatic ring is 1. The number of nitrogens with one attached hydrogen (secondary N) is 2. The van der Waals surface area contributed by atoms with Crippen LogP contribution in [0.3, 0.4) is 0 Å². The normalized spacial score (nSPS) is 11.7. The monoisotopic (exact) mass is 454 g/mol. The molecule has 7 nitrogen and oxygen atoms in total. The van der Waals surface area contributed by atoms with Crippen LogP contribution in [0.1, 0.15) is 47.1 Å². The minimum atomic E-state index is -0.276. The maximum Gasteiger partial charge on any atom is 0.255 e. The van der Waals surface area contributed by atoms with Gasteiger partial charge in [-0.15, -0.1) is 0 Å². The number of para-hydroxylation sites is 2. The maximum absolute atomic E-state index is 12.5. The van der Waals surface area contributed by atoms with Crippen molar-refractivity contribution in [2.75, 3.05) is 11.1 Å². The van der Waals surface area contributed by atoms with Crippen LogP contribution in [0.2, 0.25) is 0 Å². The number of nitrogens with two attached hydrogens (primary N) is 1. The van der Waals surface area contributed by atoms with Crippen molar-refractivity contribution in [2.45, 2.75) is 20.8 Å².